The third-order valence-electron chi connectivity index (χ3n) is 2.25. The van der Waals surface area contributed by atoms with E-state index in [1.807, 2.05) is 6.07 Å². The van der Waals surface area contributed by atoms with E-state index in [0.717, 1.165) is 5.56 Å². The van der Waals surface area contributed by atoms with Gasteiger partial charge >= 0.3 is 0 Å². The van der Waals surface area contributed by atoms with Crippen molar-refractivity contribution >= 4 is 15.9 Å². The van der Waals surface area contributed by atoms with Crippen LogP contribution in [0.5, 0.6) is 11.6 Å². The van der Waals surface area contributed by atoms with E-state index in [0.29, 0.717) is 11.2 Å². The summed E-state index contributed by atoms with van der Waals surface area (Å²) in [5.74, 6) is -0.120. The number of halogens is 2. The summed E-state index contributed by atoms with van der Waals surface area (Å²) in [5, 5.41) is 9.56. The van der Waals surface area contributed by atoms with Crippen molar-refractivity contribution < 1.29 is 9.13 Å². The summed E-state index contributed by atoms with van der Waals surface area (Å²) in [6, 6.07) is 9.51. The third kappa shape index (κ3) is 2.66. The fraction of sp³-hybridized carbons (Fsp3) is 0.0769. The Morgan fingerprint density at radius 2 is 2.17 bits per heavy atom. The molecular formula is C13H8BrFN2O. The average Bonchev–Trinajstić information content (AvgIpc) is 2.40. The van der Waals surface area contributed by atoms with E-state index < -0.39 is 5.82 Å². The molecule has 0 fully saturated rings. The molecule has 0 aliphatic heterocycles. The topological polar surface area (TPSA) is 45.9 Å². The number of pyridine rings is 1. The molecule has 2 rings (SSSR count). The van der Waals surface area contributed by atoms with Crippen LogP contribution in [0.25, 0.3) is 0 Å². The van der Waals surface area contributed by atoms with Crippen molar-refractivity contribution in [3.05, 3.63) is 53.5 Å². The van der Waals surface area contributed by atoms with Gasteiger partial charge < -0.3 is 4.74 Å². The average molecular weight is 307 g/mol. The lowest BCUT2D eigenvalue weighted by atomic mass is 10.2. The van der Waals surface area contributed by atoms with Crippen LogP contribution in [0.15, 0.2) is 36.5 Å². The van der Waals surface area contributed by atoms with Gasteiger partial charge in [0.25, 0.3) is 0 Å². The first-order valence-corrected chi connectivity index (χ1v) is 6.24. The van der Waals surface area contributed by atoms with E-state index in [1.165, 1.54) is 18.2 Å². The molecule has 5 heteroatoms. The second kappa shape index (κ2) is 5.61. The quantitative estimate of drug-likeness (QED) is 0.811. The lowest BCUT2D eigenvalue weighted by molar-refractivity contribution is 0.456. The number of nitriles is 1. The van der Waals surface area contributed by atoms with Crippen molar-refractivity contribution in [1.82, 2.24) is 4.98 Å². The standard InChI is InChI=1S/C13H8BrFN2O/c14-6-9-4-5-13(17-8-9)18-12-3-1-2-11(15)10(12)7-16/h1-5,8H,6H2. The minimum Gasteiger partial charge on any atom is -0.438 e. The molecule has 18 heavy (non-hydrogen) atoms. The lowest BCUT2D eigenvalue weighted by Gasteiger charge is -2.06. The number of ether oxygens (including phenoxy) is 1. The summed E-state index contributed by atoms with van der Waals surface area (Å²) in [5.41, 5.74) is 0.881. The Bertz CT molecular complexity index is 593. The Morgan fingerprint density at radius 1 is 1.33 bits per heavy atom. The fourth-order valence-corrected chi connectivity index (χ4v) is 1.69. The molecule has 1 aromatic heterocycles. The van der Waals surface area contributed by atoms with Crippen LogP contribution in [-0.4, -0.2) is 4.98 Å². The van der Waals surface area contributed by atoms with E-state index in [4.69, 9.17) is 10.00 Å². The first kappa shape index (κ1) is 12.5. The predicted octanol–water partition coefficient (Wildman–Crippen LogP) is 3.78. The minimum absolute atomic E-state index is 0.121. The summed E-state index contributed by atoms with van der Waals surface area (Å²) in [6.07, 6.45) is 1.65. The zero-order chi connectivity index (χ0) is 13.0. The van der Waals surface area contributed by atoms with E-state index >= 15 is 0 Å². The molecule has 0 radical (unpaired) electrons. The Hall–Kier alpha value is -1.93. The van der Waals surface area contributed by atoms with Crippen molar-refractivity contribution in [3.63, 3.8) is 0 Å². The fourth-order valence-electron chi connectivity index (χ4n) is 1.36. The monoisotopic (exact) mass is 306 g/mol. The summed E-state index contributed by atoms with van der Waals surface area (Å²) in [6.45, 7) is 0. The van der Waals surface area contributed by atoms with Crippen LogP contribution in [0.2, 0.25) is 0 Å². The van der Waals surface area contributed by atoms with E-state index in [2.05, 4.69) is 20.9 Å². The molecule has 0 unspecified atom stereocenters. The molecule has 3 nitrogen and oxygen atoms in total. The van der Waals surface area contributed by atoms with Crippen molar-refractivity contribution in [2.24, 2.45) is 0 Å². The summed E-state index contributed by atoms with van der Waals surface area (Å²) >= 11 is 3.31. The van der Waals surface area contributed by atoms with Gasteiger partial charge in [0.2, 0.25) is 5.88 Å². The number of hydrogen-bond acceptors (Lipinski definition) is 3. The highest BCUT2D eigenvalue weighted by Crippen LogP contribution is 2.25. The SMILES string of the molecule is N#Cc1c(F)cccc1Oc1ccc(CBr)cn1. The molecule has 1 aromatic carbocycles. The Balaban J connectivity index is 2.28. The number of aromatic nitrogens is 1. The van der Waals surface area contributed by atoms with Crippen LogP contribution < -0.4 is 4.74 Å². The molecule has 1 heterocycles. The summed E-state index contributed by atoms with van der Waals surface area (Å²) in [4.78, 5) is 4.07. The number of benzene rings is 1. The normalized spacial score (nSPS) is 9.83. The molecule has 0 saturated heterocycles. The number of nitrogens with zero attached hydrogens (tertiary/aromatic N) is 2. The van der Waals surface area contributed by atoms with E-state index in [9.17, 15) is 4.39 Å². The first-order chi connectivity index (χ1) is 8.74. The summed E-state index contributed by atoms with van der Waals surface area (Å²) < 4.78 is 18.7. The highest BCUT2D eigenvalue weighted by Gasteiger charge is 2.10. The number of rotatable bonds is 3. The van der Waals surface area contributed by atoms with Gasteiger partial charge in [-0.05, 0) is 17.7 Å². The van der Waals surface area contributed by atoms with Gasteiger partial charge in [-0.1, -0.05) is 28.1 Å². The minimum atomic E-state index is -0.605. The highest BCUT2D eigenvalue weighted by atomic mass is 79.9. The Morgan fingerprint density at radius 3 is 2.78 bits per heavy atom. The van der Waals surface area contributed by atoms with Crippen LogP contribution in [0.1, 0.15) is 11.1 Å². The van der Waals surface area contributed by atoms with Crippen LogP contribution in [0, 0.1) is 17.1 Å². The zero-order valence-corrected chi connectivity index (χ0v) is 10.8. The van der Waals surface area contributed by atoms with Crippen LogP contribution in [0.4, 0.5) is 4.39 Å². The molecule has 0 amide bonds. The van der Waals surface area contributed by atoms with Crippen molar-refractivity contribution in [3.8, 4) is 17.7 Å². The maximum absolute atomic E-state index is 13.3. The Kier molecular flexibility index (Phi) is 3.90. The molecule has 0 aliphatic carbocycles. The second-order valence-electron chi connectivity index (χ2n) is 3.47. The highest BCUT2D eigenvalue weighted by molar-refractivity contribution is 9.08. The van der Waals surface area contributed by atoms with Crippen molar-refractivity contribution in [2.75, 3.05) is 0 Å². The molecule has 2 aromatic rings. The van der Waals surface area contributed by atoms with Gasteiger partial charge in [-0.2, -0.15) is 5.26 Å². The van der Waals surface area contributed by atoms with Crippen LogP contribution in [-0.2, 0) is 5.33 Å². The van der Waals surface area contributed by atoms with Crippen molar-refractivity contribution in [1.29, 1.82) is 5.26 Å². The maximum Gasteiger partial charge on any atom is 0.219 e. The van der Waals surface area contributed by atoms with E-state index in [1.54, 1.807) is 18.3 Å². The number of alkyl halides is 1. The van der Waals surface area contributed by atoms with Gasteiger partial charge in [0, 0.05) is 17.6 Å². The van der Waals surface area contributed by atoms with Crippen LogP contribution in [0.3, 0.4) is 0 Å². The molecule has 0 saturated carbocycles. The van der Waals surface area contributed by atoms with E-state index in [-0.39, 0.29) is 11.3 Å². The van der Waals surface area contributed by atoms with Gasteiger partial charge in [0.15, 0.2) is 0 Å². The lowest BCUT2D eigenvalue weighted by Crippen LogP contribution is -1.93. The van der Waals surface area contributed by atoms with Gasteiger partial charge in [-0.15, -0.1) is 0 Å². The zero-order valence-electron chi connectivity index (χ0n) is 9.23. The molecular weight excluding hydrogens is 299 g/mol. The largest absolute Gasteiger partial charge is 0.438 e. The summed E-state index contributed by atoms with van der Waals surface area (Å²) in [7, 11) is 0. The molecule has 0 N–H and O–H groups in total. The first-order valence-electron chi connectivity index (χ1n) is 5.12. The molecule has 0 aliphatic rings. The third-order valence-corrected chi connectivity index (χ3v) is 2.90. The van der Waals surface area contributed by atoms with Gasteiger partial charge in [-0.25, -0.2) is 9.37 Å². The molecule has 0 spiro atoms. The van der Waals surface area contributed by atoms with Crippen molar-refractivity contribution in [2.45, 2.75) is 5.33 Å². The smallest absolute Gasteiger partial charge is 0.219 e. The Labute approximate surface area is 112 Å². The predicted molar refractivity (Wildman–Crippen MR) is 68.1 cm³/mol. The second-order valence-corrected chi connectivity index (χ2v) is 4.03. The van der Waals surface area contributed by atoms with Gasteiger partial charge in [-0.3, -0.25) is 0 Å². The van der Waals surface area contributed by atoms with Crippen LogP contribution >= 0.6 is 15.9 Å². The number of hydrogen-bond donors (Lipinski definition) is 0. The van der Waals surface area contributed by atoms with Gasteiger partial charge in [0.05, 0.1) is 0 Å². The van der Waals surface area contributed by atoms with Gasteiger partial charge in [0.1, 0.15) is 23.2 Å². The maximum atomic E-state index is 13.3. The molecule has 0 atom stereocenters. The molecule has 0 bridgehead atoms. The molecule has 90 valence electrons.